The number of hydrogen-bond acceptors (Lipinski definition) is 3. The number of carbonyl (C=O) groups is 2. The van der Waals surface area contributed by atoms with Gasteiger partial charge in [-0.1, -0.05) is 6.42 Å². The van der Waals surface area contributed by atoms with Crippen molar-refractivity contribution >= 4 is 11.8 Å². The quantitative estimate of drug-likeness (QED) is 0.846. The van der Waals surface area contributed by atoms with Crippen LogP contribution in [0.15, 0.2) is 12.4 Å². The van der Waals surface area contributed by atoms with Crippen LogP contribution in [0.2, 0.25) is 0 Å². The van der Waals surface area contributed by atoms with Gasteiger partial charge in [-0.15, -0.1) is 0 Å². The molecule has 2 saturated heterocycles. The largest absolute Gasteiger partial charge is 0.343 e. The van der Waals surface area contributed by atoms with Gasteiger partial charge in [-0.25, -0.2) is 4.98 Å². The third-order valence-electron chi connectivity index (χ3n) is 5.34. The van der Waals surface area contributed by atoms with Crippen LogP contribution in [-0.4, -0.2) is 57.3 Å². The first-order valence-electron chi connectivity index (χ1n) is 9.18. The average Bonchev–Trinajstić information content (AvgIpc) is 2.91. The van der Waals surface area contributed by atoms with E-state index in [1.807, 2.05) is 29.2 Å². The molecule has 2 fully saturated rings. The van der Waals surface area contributed by atoms with E-state index in [2.05, 4.69) is 9.55 Å². The molecule has 0 bridgehead atoms. The second kappa shape index (κ2) is 7.81. The van der Waals surface area contributed by atoms with Crippen LogP contribution in [0.3, 0.4) is 0 Å². The van der Waals surface area contributed by atoms with E-state index < -0.39 is 0 Å². The summed E-state index contributed by atoms with van der Waals surface area (Å²) >= 11 is 0. The molecule has 3 heterocycles. The highest BCUT2D eigenvalue weighted by atomic mass is 16.2. The zero-order chi connectivity index (χ0) is 16.9. The van der Waals surface area contributed by atoms with Crippen LogP contribution in [0.5, 0.6) is 0 Å². The molecule has 24 heavy (non-hydrogen) atoms. The number of piperidine rings is 1. The normalized spacial score (nSPS) is 20.3. The van der Waals surface area contributed by atoms with Crippen LogP contribution < -0.4 is 0 Å². The lowest BCUT2D eigenvalue weighted by molar-refractivity contribution is -0.134. The van der Waals surface area contributed by atoms with E-state index >= 15 is 0 Å². The highest BCUT2D eigenvalue weighted by Crippen LogP contribution is 2.26. The number of aryl methyl sites for hydroxylation is 1. The van der Waals surface area contributed by atoms with E-state index in [0.29, 0.717) is 25.3 Å². The van der Waals surface area contributed by atoms with E-state index in [1.165, 1.54) is 0 Å². The Morgan fingerprint density at radius 2 is 2.00 bits per heavy atom. The molecule has 0 aromatic carbocycles. The van der Waals surface area contributed by atoms with Crippen molar-refractivity contribution in [3.05, 3.63) is 18.2 Å². The molecule has 2 amide bonds. The second-order valence-corrected chi connectivity index (χ2v) is 6.99. The Balaban J connectivity index is 1.45. The molecule has 3 rings (SSSR count). The van der Waals surface area contributed by atoms with Gasteiger partial charge in [0, 0.05) is 64.4 Å². The zero-order valence-corrected chi connectivity index (χ0v) is 14.6. The standard InChI is InChI=1S/C18H28N4O2/c1-20-14-9-19-18(20)15-6-11-22(12-7-15)17(24)8-13-21-10-4-2-3-5-16(21)23/h9,14-15H,2-8,10-13H2,1H3. The van der Waals surface area contributed by atoms with Crippen LogP contribution in [0.1, 0.15) is 56.7 Å². The number of amides is 2. The summed E-state index contributed by atoms with van der Waals surface area (Å²) in [5.74, 6) is 1.97. The number of rotatable bonds is 4. The van der Waals surface area contributed by atoms with Gasteiger partial charge in [0.2, 0.25) is 11.8 Å². The number of hydrogen-bond donors (Lipinski definition) is 0. The molecular weight excluding hydrogens is 304 g/mol. The fraction of sp³-hybridized carbons (Fsp3) is 0.722. The predicted molar refractivity (Wildman–Crippen MR) is 91.4 cm³/mol. The molecule has 6 heteroatoms. The summed E-state index contributed by atoms with van der Waals surface area (Å²) < 4.78 is 2.08. The topological polar surface area (TPSA) is 58.4 Å². The van der Waals surface area contributed by atoms with Crippen LogP contribution in [-0.2, 0) is 16.6 Å². The highest BCUT2D eigenvalue weighted by molar-refractivity contribution is 5.79. The molecule has 2 aliphatic heterocycles. The Hall–Kier alpha value is -1.85. The number of aromatic nitrogens is 2. The zero-order valence-electron chi connectivity index (χ0n) is 14.6. The van der Waals surface area contributed by atoms with Gasteiger partial charge in [0.05, 0.1) is 0 Å². The minimum Gasteiger partial charge on any atom is -0.343 e. The van der Waals surface area contributed by atoms with Crippen molar-refractivity contribution < 1.29 is 9.59 Å². The van der Waals surface area contributed by atoms with Crippen molar-refractivity contribution in [2.24, 2.45) is 7.05 Å². The second-order valence-electron chi connectivity index (χ2n) is 6.99. The molecule has 0 N–H and O–H groups in total. The van der Waals surface area contributed by atoms with Crippen molar-refractivity contribution in [2.75, 3.05) is 26.2 Å². The molecular formula is C18H28N4O2. The first kappa shape index (κ1) is 17.0. The Labute approximate surface area is 143 Å². The van der Waals surface area contributed by atoms with E-state index in [-0.39, 0.29) is 11.8 Å². The monoisotopic (exact) mass is 332 g/mol. The van der Waals surface area contributed by atoms with E-state index in [1.54, 1.807) is 0 Å². The molecule has 0 unspecified atom stereocenters. The summed E-state index contributed by atoms with van der Waals surface area (Å²) in [4.78, 5) is 32.7. The Bertz CT molecular complexity index is 575. The minimum atomic E-state index is 0.185. The minimum absolute atomic E-state index is 0.185. The van der Waals surface area contributed by atoms with Gasteiger partial charge in [0.15, 0.2) is 0 Å². The molecule has 132 valence electrons. The summed E-state index contributed by atoms with van der Waals surface area (Å²) in [6, 6.07) is 0. The third kappa shape index (κ3) is 3.97. The molecule has 0 atom stereocenters. The molecule has 2 aliphatic rings. The van der Waals surface area contributed by atoms with Crippen molar-refractivity contribution in [1.82, 2.24) is 19.4 Å². The van der Waals surface area contributed by atoms with Crippen LogP contribution in [0.4, 0.5) is 0 Å². The van der Waals surface area contributed by atoms with Gasteiger partial charge in [0.1, 0.15) is 5.82 Å². The fourth-order valence-corrected chi connectivity index (χ4v) is 3.82. The SMILES string of the molecule is Cn1ccnc1C1CCN(C(=O)CCN2CCCCCC2=O)CC1. The predicted octanol–water partition coefficient (Wildman–Crippen LogP) is 1.92. The fourth-order valence-electron chi connectivity index (χ4n) is 3.82. The first-order valence-corrected chi connectivity index (χ1v) is 9.18. The molecule has 6 nitrogen and oxygen atoms in total. The summed E-state index contributed by atoms with van der Waals surface area (Å²) in [5, 5.41) is 0. The summed E-state index contributed by atoms with van der Waals surface area (Å²) in [6.07, 6.45) is 10.0. The van der Waals surface area contributed by atoms with Crippen molar-refractivity contribution in [3.8, 4) is 0 Å². The van der Waals surface area contributed by atoms with Gasteiger partial charge >= 0.3 is 0 Å². The molecule has 0 saturated carbocycles. The van der Waals surface area contributed by atoms with Crippen LogP contribution in [0, 0.1) is 0 Å². The van der Waals surface area contributed by atoms with E-state index in [9.17, 15) is 9.59 Å². The Morgan fingerprint density at radius 1 is 1.21 bits per heavy atom. The smallest absolute Gasteiger partial charge is 0.224 e. The maximum absolute atomic E-state index is 12.5. The lowest BCUT2D eigenvalue weighted by Gasteiger charge is -2.32. The lowest BCUT2D eigenvalue weighted by atomic mass is 9.95. The van der Waals surface area contributed by atoms with Gasteiger partial charge < -0.3 is 14.4 Å². The molecule has 0 radical (unpaired) electrons. The molecule has 0 aliphatic carbocycles. The maximum atomic E-state index is 12.5. The number of imidazole rings is 1. The number of likely N-dealkylation sites (tertiary alicyclic amines) is 2. The van der Waals surface area contributed by atoms with E-state index in [0.717, 1.165) is 57.6 Å². The Kier molecular flexibility index (Phi) is 5.53. The Morgan fingerprint density at radius 3 is 2.71 bits per heavy atom. The molecule has 0 spiro atoms. The van der Waals surface area contributed by atoms with Crippen molar-refractivity contribution in [1.29, 1.82) is 0 Å². The summed E-state index contributed by atoms with van der Waals surface area (Å²) in [6.45, 7) is 2.99. The molecule has 1 aromatic heterocycles. The van der Waals surface area contributed by atoms with Gasteiger partial charge in [-0.05, 0) is 25.7 Å². The molecule has 1 aromatic rings. The van der Waals surface area contributed by atoms with E-state index in [4.69, 9.17) is 0 Å². The van der Waals surface area contributed by atoms with Crippen LogP contribution in [0.25, 0.3) is 0 Å². The summed E-state index contributed by atoms with van der Waals surface area (Å²) in [7, 11) is 2.03. The average molecular weight is 332 g/mol. The third-order valence-corrected chi connectivity index (χ3v) is 5.34. The van der Waals surface area contributed by atoms with Gasteiger partial charge in [-0.2, -0.15) is 0 Å². The first-order chi connectivity index (χ1) is 11.6. The highest BCUT2D eigenvalue weighted by Gasteiger charge is 2.26. The van der Waals surface area contributed by atoms with Crippen molar-refractivity contribution in [3.63, 3.8) is 0 Å². The number of carbonyl (C=O) groups excluding carboxylic acids is 2. The van der Waals surface area contributed by atoms with Gasteiger partial charge in [-0.3, -0.25) is 9.59 Å². The van der Waals surface area contributed by atoms with Gasteiger partial charge in [0.25, 0.3) is 0 Å². The maximum Gasteiger partial charge on any atom is 0.224 e. The number of nitrogens with zero attached hydrogens (tertiary/aromatic N) is 4. The lowest BCUT2D eigenvalue weighted by Crippen LogP contribution is -2.40. The summed E-state index contributed by atoms with van der Waals surface area (Å²) in [5.41, 5.74) is 0. The van der Waals surface area contributed by atoms with Crippen molar-refractivity contribution in [2.45, 2.75) is 50.9 Å². The van der Waals surface area contributed by atoms with Crippen LogP contribution >= 0.6 is 0 Å².